The first-order chi connectivity index (χ1) is 11.4. The third-order valence-corrected chi connectivity index (χ3v) is 4.71. The van der Waals surface area contributed by atoms with Gasteiger partial charge in [0.25, 0.3) is 0 Å². The Balaban J connectivity index is 1.77. The first-order valence-electron chi connectivity index (χ1n) is 8.13. The van der Waals surface area contributed by atoms with E-state index in [1.54, 1.807) is 11.8 Å². The number of morpholine rings is 1. The normalized spacial score (nSPS) is 16.0. The van der Waals surface area contributed by atoms with Crippen molar-refractivity contribution in [2.24, 2.45) is 0 Å². The van der Waals surface area contributed by atoms with Gasteiger partial charge in [-0.15, -0.1) is 11.8 Å². The first kappa shape index (κ1) is 16.6. The Kier molecular flexibility index (Phi) is 6.21. The zero-order chi connectivity index (χ0) is 15.9. The molecular formula is C17H23N3O2S. The standard InChI is InChI=1S/C17H23N3O2S/c1-2-21-11-12-23-17-14-5-3-4-6-15(14)18-16(19-17)13-20-7-9-22-10-8-20/h3-6H,2,7-13H2,1H3. The molecular weight excluding hydrogens is 310 g/mol. The van der Waals surface area contributed by atoms with Crippen LogP contribution in [0.3, 0.4) is 0 Å². The molecule has 0 bridgehead atoms. The minimum atomic E-state index is 0.748. The fraction of sp³-hybridized carbons (Fsp3) is 0.529. The van der Waals surface area contributed by atoms with Gasteiger partial charge in [-0.05, 0) is 13.0 Å². The van der Waals surface area contributed by atoms with Crippen LogP contribution in [-0.4, -0.2) is 60.1 Å². The molecule has 0 unspecified atom stereocenters. The van der Waals surface area contributed by atoms with Gasteiger partial charge in [0.15, 0.2) is 0 Å². The van der Waals surface area contributed by atoms with E-state index >= 15 is 0 Å². The summed E-state index contributed by atoms with van der Waals surface area (Å²) in [6, 6.07) is 8.23. The van der Waals surface area contributed by atoms with Crippen LogP contribution in [0.2, 0.25) is 0 Å². The van der Waals surface area contributed by atoms with Crippen molar-refractivity contribution in [3.8, 4) is 0 Å². The molecule has 1 fully saturated rings. The van der Waals surface area contributed by atoms with E-state index in [1.165, 1.54) is 0 Å². The predicted molar refractivity (Wildman–Crippen MR) is 92.9 cm³/mol. The van der Waals surface area contributed by atoms with Crippen molar-refractivity contribution in [2.45, 2.75) is 18.5 Å². The Bertz CT molecular complexity index is 632. The summed E-state index contributed by atoms with van der Waals surface area (Å²) in [6.07, 6.45) is 0. The Morgan fingerprint density at radius 1 is 1.22 bits per heavy atom. The van der Waals surface area contributed by atoms with Crippen molar-refractivity contribution >= 4 is 22.7 Å². The fourth-order valence-corrected chi connectivity index (χ4v) is 3.47. The van der Waals surface area contributed by atoms with Crippen LogP contribution < -0.4 is 0 Å². The molecule has 0 N–H and O–H groups in total. The van der Waals surface area contributed by atoms with Crippen LogP contribution in [0.25, 0.3) is 10.9 Å². The molecule has 124 valence electrons. The number of benzene rings is 1. The highest BCUT2D eigenvalue weighted by molar-refractivity contribution is 7.99. The maximum absolute atomic E-state index is 5.43. The molecule has 0 atom stereocenters. The lowest BCUT2D eigenvalue weighted by molar-refractivity contribution is 0.0330. The van der Waals surface area contributed by atoms with Gasteiger partial charge in [-0.25, -0.2) is 9.97 Å². The fourth-order valence-electron chi connectivity index (χ4n) is 2.58. The van der Waals surface area contributed by atoms with Crippen molar-refractivity contribution in [3.63, 3.8) is 0 Å². The highest BCUT2D eigenvalue weighted by Crippen LogP contribution is 2.25. The van der Waals surface area contributed by atoms with Crippen LogP contribution in [0.1, 0.15) is 12.7 Å². The lowest BCUT2D eigenvalue weighted by Gasteiger charge is -2.25. The SMILES string of the molecule is CCOCCSc1nc(CN2CCOCC2)nc2ccccc12. The molecule has 0 aliphatic carbocycles. The molecule has 1 saturated heterocycles. The molecule has 0 spiro atoms. The van der Waals surface area contributed by atoms with Gasteiger partial charge in [-0.3, -0.25) is 4.90 Å². The Morgan fingerprint density at radius 3 is 2.87 bits per heavy atom. The number of thioether (sulfide) groups is 1. The molecule has 5 nitrogen and oxygen atoms in total. The summed E-state index contributed by atoms with van der Waals surface area (Å²) in [4.78, 5) is 11.9. The van der Waals surface area contributed by atoms with Gasteiger partial charge in [0.2, 0.25) is 0 Å². The minimum Gasteiger partial charge on any atom is -0.381 e. The zero-order valence-electron chi connectivity index (χ0n) is 13.5. The van der Waals surface area contributed by atoms with E-state index < -0.39 is 0 Å². The molecule has 0 saturated carbocycles. The van der Waals surface area contributed by atoms with Gasteiger partial charge in [0.1, 0.15) is 10.9 Å². The van der Waals surface area contributed by atoms with Crippen LogP contribution in [-0.2, 0) is 16.0 Å². The predicted octanol–water partition coefficient (Wildman–Crippen LogP) is 2.59. The summed E-state index contributed by atoms with van der Waals surface area (Å²) in [6.45, 7) is 7.79. The maximum atomic E-state index is 5.43. The van der Waals surface area contributed by atoms with Crippen LogP contribution in [0.15, 0.2) is 29.3 Å². The molecule has 1 aromatic heterocycles. The second-order valence-electron chi connectivity index (χ2n) is 5.40. The van der Waals surface area contributed by atoms with Crippen molar-refractivity contribution < 1.29 is 9.47 Å². The van der Waals surface area contributed by atoms with Crippen molar-refractivity contribution in [2.75, 3.05) is 45.3 Å². The van der Waals surface area contributed by atoms with Gasteiger partial charge in [0.05, 0.1) is 31.9 Å². The van der Waals surface area contributed by atoms with E-state index in [9.17, 15) is 0 Å². The van der Waals surface area contributed by atoms with Gasteiger partial charge < -0.3 is 9.47 Å². The molecule has 6 heteroatoms. The molecule has 3 rings (SSSR count). The quantitative estimate of drug-likeness (QED) is 0.441. The third-order valence-electron chi connectivity index (χ3n) is 3.75. The topological polar surface area (TPSA) is 47.5 Å². The molecule has 1 aliphatic heterocycles. The van der Waals surface area contributed by atoms with Gasteiger partial charge in [-0.2, -0.15) is 0 Å². The smallest absolute Gasteiger partial charge is 0.144 e. The highest BCUT2D eigenvalue weighted by atomic mass is 32.2. The third kappa shape index (κ3) is 4.64. The summed E-state index contributed by atoms with van der Waals surface area (Å²) < 4.78 is 10.8. The average Bonchev–Trinajstić information content (AvgIpc) is 2.59. The number of rotatable bonds is 7. The van der Waals surface area contributed by atoms with E-state index in [1.807, 2.05) is 19.1 Å². The summed E-state index contributed by atoms with van der Waals surface area (Å²) in [5, 5.41) is 2.18. The molecule has 0 amide bonds. The van der Waals surface area contributed by atoms with E-state index in [2.05, 4.69) is 17.0 Å². The number of hydrogen-bond donors (Lipinski definition) is 0. The monoisotopic (exact) mass is 333 g/mol. The lowest BCUT2D eigenvalue weighted by Crippen LogP contribution is -2.36. The Labute approximate surface area is 141 Å². The number of hydrogen-bond acceptors (Lipinski definition) is 6. The molecule has 0 radical (unpaired) electrons. The Hall–Kier alpha value is -1.21. The molecule has 23 heavy (non-hydrogen) atoms. The van der Waals surface area contributed by atoms with Crippen LogP contribution in [0, 0.1) is 0 Å². The number of nitrogens with zero attached hydrogens (tertiary/aromatic N) is 3. The van der Waals surface area contributed by atoms with Crippen molar-refractivity contribution in [1.29, 1.82) is 0 Å². The Morgan fingerprint density at radius 2 is 2.04 bits per heavy atom. The number of aromatic nitrogens is 2. The highest BCUT2D eigenvalue weighted by Gasteiger charge is 2.14. The van der Waals surface area contributed by atoms with Gasteiger partial charge >= 0.3 is 0 Å². The summed E-state index contributed by atoms with van der Waals surface area (Å²) in [5.41, 5.74) is 1.02. The summed E-state index contributed by atoms with van der Waals surface area (Å²) in [7, 11) is 0. The zero-order valence-corrected chi connectivity index (χ0v) is 14.3. The van der Waals surface area contributed by atoms with E-state index in [0.717, 1.165) is 73.6 Å². The number of fused-ring (bicyclic) bond motifs is 1. The summed E-state index contributed by atoms with van der Waals surface area (Å²) in [5.74, 6) is 1.80. The maximum Gasteiger partial charge on any atom is 0.144 e. The molecule has 2 heterocycles. The van der Waals surface area contributed by atoms with Crippen LogP contribution >= 0.6 is 11.8 Å². The van der Waals surface area contributed by atoms with Crippen molar-refractivity contribution in [3.05, 3.63) is 30.1 Å². The lowest BCUT2D eigenvalue weighted by atomic mass is 10.2. The molecule has 2 aromatic rings. The average molecular weight is 333 g/mol. The van der Waals surface area contributed by atoms with Crippen molar-refractivity contribution in [1.82, 2.24) is 14.9 Å². The minimum absolute atomic E-state index is 0.748. The molecule has 1 aliphatic rings. The van der Waals surface area contributed by atoms with E-state index in [-0.39, 0.29) is 0 Å². The molecule has 1 aromatic carbocycles. The largest absolute Gasteiger partial charge is 0.381 e. The van der Waals surface area contributed by atoms with Gasteiger partial charge in [0, 0.05) is 30.8 Å². The van der Waals surface area contributed by atoms with E-state index in [4.69, 9.17) is 19.4 Å². The van der Waals surface area contributed by atoms with Crippen LogP contribution in [0.5, 0.6) is 0 Å². The second-order valence-corrected chi connectivity index (χ2v) is 6.48. The number of para-hydroxylation sites is 1. The summed E-state index contributed by atoms with van der Waals surface area (Å²) >= 11 is 1.75. The van der Waals surface area contributed by atoms with Crippen LogP contribution in [0.4, 0.5) is 0 Å². The first-order valence-corrected chi connectivity index (χ1v) is 9.11. The second kappa shape index (κ2) is 8.59. The van der Waals surface area contributed by atoms with Gasteiger partial charge in [-0.1, -0.05) is 18.2 Å². The number of ether oxygens (including phenoxy) is 2. The van der Waals surface area contributed by atoms with E-state index in [0.29, 0.717) is 0 Å².